The summed E-state index contributed by atoms with van der Waals surface area (Å²) in [5, 5.41) is 0.227. The van der Waals surface area contributed by atoms with Gasteiger partial charge in [0.05, 0.1) is 5.02 Å². The highest BCUT2D eigenvalue weighted by Gasteiger charge is 2.29. The molecule has 0 aliphatic heterocycles. The minimum Gasteiger partial charge on any atom is -0.324 e. The second-order valence-corrected chi connectivity index (χ2v) is 5.48. The molecule has 3 rings (SSSR count). The van der Waals surface area contributed by atoms with Crippen molar-refractivity contribution in [3.05, 3.63) is 70.0 Å². The van der Waals surface area contributed by atoms with E-state index in [9.17, 15) is 4.39 Å². The molecule has 2 aromatic carbocycles. The molecule has 1 nitrogen and oxygen atoms in total. The van der Waals surface area contributed by atoms with Crippen molar-refractivity contribution < 1.29 is 4.39 Å². The van der Waals surface area contributed by atoms with Gasteiger partial charge in [-0.25, -0.2) is 4.39 Å². The zero-order chi connectivity index (χ0) is 13.4. The average Bonchev–Trinajstić information content (AvgIpc) is 2.73. The summed E-state index contributed by atoms with van der Waals surface area (Å²) in [6, 6.07) is 13.2. The van der Waals surface area contributed by atoms with Crippen molar-refractivity contribution in [2.24, 2.45) is 11.7 Å². The number of nitrogens with two attached hydrogens (primary N) is 1. The number of hydrogen-bond donors (Lipinski definition) is 1. The summed E-state index contributed by atoms with van der Waals surface area (Å²) >= 11 is 6.01. The van der Waals surface area contributed by atoms with Gasteiger partial charge in [0.2, 0.25) is 0 Å². The summed E-state index contributed by atoms with van der Waals surface area (Å²) in [5.41, 5.74) is 9.64. The first kappa shape index (κ1) is 12.6. The summed E-state index contributed by atoms with van der Waals surface area (Å²) in [5.74, 6) is -0.0695. The molecule has 0 radical (unpaired) electrons. The van der Waals surface area contributed by atoms with Gasteiger partial charge in [0.25, 0.3) is 0 Å². The van der Waals surface area contributed by atoms with Crippen LogP contribution in [0.4, 0.5) is 4.39 Å². The molecule has 98 valence electrons. The Bertz CT molecular complexity index is 611. The van der Waals surface area contributed by atoms with Gasteiger partial charge in [-0.05, 0) is 41.5 Å². The number of benzene rings is 2. The summed E-state index contributed by atoms with van der Waals surface area (Å²) in [4.78, 5) is 0. The van der Waals surface area contributed by atoms with Gasteiger partial charge in [0.15, 0.2) is 0 Å². The maximum atomic E-state index is 13.5. The highest BCUT2D eigenvalue weighted by atomic mass is 35.5. The molecule has 2 unspecified atom stereocenters. The Hall–Kier alpha value is -1.38. The van der Waals surface area contributed by atoms with Crippen LogP contribution in [-0.2, 0) is 12.8 Å². The molecule has 0 spiro atoms. The van der Waals surface area contributed by atoms with Crippen molar-refractivity contribution >= 4 is 11.6 Å². The lowest BCUT2D eigenvalue weighted by Gasteiger charge is -2.17. The topological polar surface area (TPSA) is 26.0 Å². The van der Waals surface area contributed by atoms with Crippen LogP contribution in [0.3, 0.4) is 0 Å². The Morgan fingerprint density at radius 1 is 1.16 bits per heavy atom. The number of rotatable bonds is 2. The molecule has 3 heteroatoms. The van der Waals surface area contributed by atoms with Crippen molar-refractivity contribution in [3.63, 3.8) is 0 Å². The third-order valence-electron chi connectivity index (χ3n) is 3.92. The first-order valence-corrected chi connectivity index (χ1v) is 6.81. The predicted octanol–water partition coefficient (Wildman–Crippen LogP) is 3.89. The smallest absolute Gasteiger partial charge is 0.142 e. The van der Waals surface area contributed by atoms with Crippen molar-refractivity contribution in [1.29, 1.82) is 0 Å². The number of hydrogen-bond acceptors (Lipinski definition) is 1. The van der Waals surface area contributed by atoms with E-state index in [2.05, 4.69) is 12.1 Å². The van der Waals surface area contributed by atoms with Gasteiger partial charge in [-0.15, -0.1) is 0 Å². The molecule has 0 fully saturated rings. The fourth-order valence-corrected chi connectivity index (χ4v) is 3.10. The van der Waals surface area contributed by atoms with E-state index in [0.717, 1.165) is 12.0 Å². The van der Waals surface area contributed by atoms with Gasteiger partial charge in [-0.1, -0.05) is 48.0 Å². The number of halogens is 2. The lowest BCUT2D eigenvalue weighted by Crippen LogP contribution is -2.19. The van der Waals surface area contributed by atoms with Crippen LogP contribution in [0.1, 0.15) is 22.7 Å². The van der Waals surface area contributed by atoms with Crippen LogP contribution in [0.25, 0.3) is 0 Å². The Morgan fingerprint density at radius 2 is 1.95 bits per heavy atom. The largest absolute Gasteiger partial charge is 0.324 e. The highest BCUT2D eigenvalue weighted by molar-refractivity contribution is 6.31. The Morgan fingerprint density at radius 3 is 2.74 bits per heavy atom. The second-order valence-electron chi connectivity index (χ2n) is 5.11. The van der Waals surface area contributed by atoms with Gasteiger partial charge >= 0.3 is 0 Å². The number of fused-ring (bicyclic) bond motifs is 1. The van der Waals surface area contributed by atoms with Crippen LogP contribution < -0.4 is 5.73 Å². The van der Waals surface area contributed by atoms with Crippen molar-refractivity contribution in [3.8, 4) is 0 Å². The van der Waals surface area contributed by atoms with Gasteiger partial charge < -0.3 is 5.73 Å². The lowest BCUT2D eigenvalue weighted by atomic mass is 9.93. The van der Waals surface area contributed by atoms with E-state index in [-0.39, 0.29) is 22.8 Å². The molecular formula is C16H15ClFN. The minimum absolute atomic E-state index is 0.00975. The SMILES string of the molecule is NC1c2ccccc2CC1Cc1cccc(F)c1Cl. The Balaban J connectivity index is 1.85. The molecule has 0 amide bonds. The van der Waals surface area contributed by atoms with Crippen LogP contribution in [0.15, 0.2) is 42.5 Å². The molecule has 2 N–H and O–H groups in total. The van der Waals surface area contributed by atoms with E-state index in [4.69, 9.17) is 17.3 Å². The lowest BCUT2D eigenvalue weighted by molar-refractivity contribution is 0.464. The molecule has 1 aliphatic rings. The van der Waals surface area contributed by atoms with Gasteiger partial charge in [0, 0.05) is 6.04 Å². The fourth-order valence-electron chi connectivity index (χ4n) is 2.90. The first-order valence-electron chi connectivity index (χ1n) is 6.43. The minimum atomic E-state index is -0.358. The third kappa shape index (κ3) is 2.26. The standard InChI is InChI=1S/C16H15ClFN/c17-15-11(5-3-7-14(15)18)9-12-8-10-4-1-2-6-13(10)16(12)19/h1-7,12,16H,8-9,19H2. The molecule has 19 heavy (non-hydrogen) atoms. The van der Waals surface area contributed by atoms with E-state index in [0.29, 0.717) is 6.42 Å². The highest BCUT2D eigenvalue weighted by Crippen LogP contribution is 2.37. The summed E-state index contributed by atoms with van der Waals surface area (Å²) in [7, 11) is 0. The summed E-state index contributed by atoms with van der Waals surface area (Å²) < 4.78 is 13.5. The van der Waals surface area contributed by atoms with Crippen LogP contribution in [0, 0.1) is 11.7 Å². The van der Waals surface area contributed by atoms with Crippen LogP contribution >= 0.6 is 11.6 Å². The maximum absolute atomic E-state index is 13.5. The molecule has 0 saturated carbocycles. The average molecular weight is 276 g/mol. The van der Waals surface area contributed by atoms with E-state index in [1.54, 1.807) is 6.07 Å². The van der Waals surface area contributed by atoms with E-state index in [1.165, 1.54) is 17.2 Å². The maximum Gasteiger partial charge on any atom is 0.142 e. The normalized spacial score (nSPS) is 21.4. The molecular weight excluding hydrogens is 261 g/mol. The van der Waals surface area contributed by atoms with Gasteiger partial charge in [-0.3, -0.25) is 0 Å². The molecule has 2 atom stereocenters. The van der Waals surface area contributed by atoms with Crippen LogP contribution in [-0.4, -0.2) is 0 Å². The van der Waals surface area contributed by atoms with Gasteiger partial charge in [-0.2, -0.15) is 0 Å². The summed E-state index contributed by atoms with van der Waals surface area (Å²) in [6.45, 7) is 0. The fraction of sp³-hybridized carbons (Fsp3) is 0.250. The molecule has 0 bridgehead atoms. The van der Waals surface area contributed by atoms with Gasteiger partial charge in [0.1, 0.15) is 5.82 Å². The molecule has 0 heterocycles. The quantitative estimate of drug-likeness (QED) is 0.884. The van der Waals surface area contributed by atoms with Crippen LogP contribution in [0.2, 0.25) is 5.02 Å². The van der Waals surface area contributed by atoms with Crippen molar-refractivity contribution in [1.82, 2.24) is 0 Å². The molecule has 0 saturated heterocycles. The zero-order valence-corrected chi connectivity index (χ0v) is 11.2. The van der Waals surface area contributed by atoms with E-state index in [1.807, 2.05) is 18.2 Å². The monoisotopic (exact) mass is 275 g/mol. The van der Waals surface area contributed by atoms with Crippen LogP contribution in [0.5, 0.6) is 0 Å². The molecule has 1 aliphatic carbocycles. The molecule has 0 aromatic heterocycles. The molecule has 2 aromatic rings. The third-order valence-corrected chi connectivity index (χ3v) is 4.34. The van der Waals surface area contributed by atoms with Crippen molar-refractivity contribution in [2.75, 3.05) is 0 Å². The van der Waals surface area contributed by atoms with E-state index >= 15 is 0 Å². The van der Waals surface area contributed by atoms with E-state index < -0.39 is 0 Å². The predicted molar refractivity (Wildman–Crippen MR) is 75.7 cm³/mol. The second kappa shape index (κ2) is 4.95. The summed E-state index contributed by atoms with van der Waals surface area (Å²) in [6.07, 6.45) is 1.65. The first-order chi connectivity index (χ1) is 9.16. The Labute approximate surface area is 117 Å². The zero-order valence-electron chi connectivity index (χ0n) is 10.4. The Kier molecular flexibility index (Phi) is 3.29. The van der Waals surface area contributed by atoms with Crippen molar-refractivity contribution in [2.45, 2.75) is 18.9 Å².